The number of benzene rings is 3. The number of nitrogens with zero attached hydrogens (tertiary/aromatic N) is 3. The van der Waals surface area contributed by atoms with Gasteiger partial charge in [-0.25, -0.2) is 0 Å². The van der Waals surface area contributed by atoms with Gasteiger partial charge < -0.3 is 25.5 Å². The highest BCUT2D eigenvalue weighted by Gasteiger charge is 2.29. The number of rotatable bonds is 8. The van der Waals surface area contributed by atoms with Crippen molar-refractivity contribution in [3.63, 3.8) is 0 Å². The predicted octanol–water partition coefficient (Wildman–Crippen LogP) is 4.11. The number of likely N-dealkylation sites (N-methyl/N-ethyl adjacent to an activating group) is 2. The summed E-state index contributed by atoms with van der Waals surface area (Å²) in [6.07, 6.45) is -0.0933. The van der Waals surface area contributed by atoms with Crippen LogP contribution in [0.5, 0.6) is 0 Å². The number of hydrogen-bond donors (Lipinski definition) is 3. The Morgan fingerprint density at radius 3 is 2.34 bits per heavy atom. The van der Waals surface area contributed by atoms with Gasteiger partial charge in [0.1, 0.15) is 0 Å². The molecule has 0 spiro atoms. The van der Waals surface area contributed by atoms with E-state index in [4.69, 9.17) is 16.7 Å². The zero-order chi connectivity index (χ0) is 29.1. The molecule has 41 heavy (non-hydrogen) atoms. The molecule has 0 bridgehead atoms. The number of halogens is 1. The third-order valence-corrected chi connectivity index (χ3v) is 7.66. The third-order valence-electron chi connectivity index (χ3n) is 7.43. The van der Waals surface area contributed by atoms with Crippen LogP contribution in [0.25, 0.3) is 11.3 Å². The van der Waals surface area contributed by atoms with Crippen molar-refractivity contribution in [2.45, 2.75) is 6.42 Å². The minimum Gasteiger partial charge on any atom is -0.481 e. The quantitative estimate of drug-likeness (QED) is 0.348. The molecule has 0 atom stereocenters. The lowest BCUT2D eigenvalue weighted by Crippen LogP contribution is -2.48. The van der Waals surface area contributed by atoms with Crippen LogP contribution in [0, 0.1) is 0 Å². The van der Waals surface area contributed by atoms with Crippen molar-refractivity contribution in [3.05, 3.63) is 88.4 Å². The summed E-state index contributed by atoms with van der Waals surface area (Å²) in [5.74, 6) is -1.16. The van der Waals surface area contributed by atoms with Crippen molar-refractivity contribution in [3.8, 4) is 0 Å². The van der Waals surface area contributed by atoms with E-state index in [2.05, 4.69) is 27.5 Å². The summed E-state index contributed by atoms with van der Waals surface area (Å²) in [5, 5.41) is 16.0. The summed E-state index contributed by atoms with van der Waals surface area (Å²) in [5.41, 5.74) is 5.21. The molecule has 212 valence electrons. The van der Waals surface area contributed by atoms with Crippen molar-refractivity contribution >= 4 is 57.7 Å². The van der Waals surface area contributed by atoms with E-state index < -0.39 is 5.97 Å². The van der Waals surface area contributed by atoms with Gasteiger partial charge in [0, 0.05) is 55.2 Å². The SMILES string of the molecule is CN1CCN(CC(=O)N(C)c2ccc(N/C(=C3\C(=O)Nc4cc(Cl)ccc43)c3ccc(CC(=O)O)cc3)cc2)CC1. The maximum atomic E-state index is 13.2. The van der Waals surface area contributed by atoms with Gasteiger partial charge in [-0.15, -0.1) is 0 Å². The number of carboxylic acid groups (broad SMARTS) is 1. The smallest absolute Gasteiger partial charge is 0.307 e. The van der Waals surface area contributed by atoms with Gasteiger partial charge in [0.15, 0.2) is 0 Å². The van der Waals surface area contributed by atoms with Crippen LogP contribution >= 0.6 is 11.6 Å². The molecule has 1 fully saturated rings. The fraction of sp³-hybridized carbons (Fsp3) is 0.258. The van der Waals surface area contributed by atoms with Crippen molar-refractivity contribution in [2.75, 3.05) is 62.4 Å². The zero-order valence-corrected chi connectivity index (χ0v) is 23.7. The molecule has 2 heterocycles. The normalized spacial score (nSPS) is 16.6. The Balaban J connectivity index is 1.41. The number of carboxylic acids is 1. The Labute approximate surface area is 244 Å². The maximum Gasteiger partial charge on any atom is 0.307 e. The number of fused-ring (bicyclic) bond motifs is 1. The van der Waals surface area contributed by atoms with E-state index >= 15 is 0 Å². The fourth-order valence-corrected chi connectivity index (χ4v) is 5.17. The highest BCUT2D eigenvalue weighted by atomic mass is 35.5. The summed E-state index contributed by atoms with van der Waals surface area (Å²) in [6, 6.07) is 19.8. The first-order valence-corrected chi connectivity index (χ1v) is 13.8. The molecule has 9 nitrogen and oxygen atoms in total. The Bertz CT molecular complexity index is 1500. The lowest BCUT2D eigenvalue weighted by atomic mass is 9.98. The molecule has 3 aromatic carbocycles. The second-order valence-corrected chi connectivity index (χ2v) is 10.8. The van der Waals surface area contributed by atoms with E-state index in [0.29, 0.717) is 39.7 Å². The van der Waals surface area contributed by atoms with Gasteiger partial charge in [-0.3, -0.25) is 19.3 Å². The summed E-state index contributed by atoms with van der Waals surface area (Å²) >= 11 is 6.16. The number of amides is 2. The summed E-state index contributed by atoms with van der Waals surface area (Å²) < 4.78 is 0. The van der Waals surface area contributed by atoms with E-state index in [1.54, 1.807) is 54.4 Å². The minimum absolute atomic E-state index is 0.0254. The zero-order valence-electron chi connectivity index (χ0n) is 23.0. The van der Waals surface area contributed by atoms with Gasteiger partial charge in [0.25, 0.3) is 5.91 Å². The highest BCUT2D eigenvalue weighted by Crippen LogP contribution is 2.39. The van der Waals surface area contributed by atoms with Crippen LogP contribution in [0.4, 0.5) is 17.1 Å². The average Bonchev–Trinajstić information content (AvgIpc) is 3.27. The first kappa shape index (κ1) is 28.4. The highest BCUT2D eigenvalue weighted by molar-refractivity contribution is 6.38. The van der Waals surface area contributed by atoms with Crippen molar-refractivity contribution in [1.29, 1.82) is 0 Å². The lowest BCUT2D eigenvalue weighted by molar-refractivity contribution is -0.136. The van der Waals surface area contributed by atoms with Gasteiger partial charge in [0.05, 0.1) is 29.9 Å². The summed E-state index contributed by atoms with van der Waals surface area (Å²) in [7, 11) is 3.86. The molecule has 2 aliphatic rings. The van der Waals surface area contributed by atoms with Crippen LogP contribution in [0.3, 0.4) is 0 Å². The number of carbonyl (C=O) groups is 3. The third kappa shape index (κ3) is 6.59. The van der Waals surface area contributed by atoms with E-state index in [1.807, 2.05) is 24.3 Å². The van der Waals surface area contributed by atoms with E-state index in [1.165, 1.54) is 0 Å². The number of aliphatic carboxylic acids is 1. The molecule has 2 amide bonds. The van der Waals surface area contributed by atoms with E-state index in [9.17, 15) is 14.4 Å². The summed E-state index contributed by atoms with van der Waals surface area (Å²) in [6.45, 7) is 4.02. The number of hydrogen-bond acceptors (Lipinski definition) is 6. The van der Waals surface area contributed by atoms with Crippen LogP contribution in [-0.4, -0.2) is 79.5 Å². The molecule has 2 aliphatic heterocycles. The van der Waals surface area contributed by atoms with Crippen LogP contribution in [-0.2, 0) is 20.8 Å². The molecule has 0 saturated carbocycles. The molecule has 0 radical (unpaired) electrons. The molecule has 0 aromatic heterocycles. The standard InChI is InChI=1S/C31H32ClN5O4/c1-35-13-15-37(16-14-35)19-27(38)36(2)24-10-8-23(9-11-24)33-30(21-5-3-20(4-6-21)17-28(39)40)29-25-12-7-22(32)18-26(25)34-31(29)41/h3-12,18,33H,13-17,19H2,1-2H3,(H,34,41)(H,39,40)/b30-29-. The molecular formula is C31H32ClN5O4. The monoisotopic (exact) mass is 573 g/mol. The number of piperazine rings is 1. The van der Waals surface area contributed by atoms with Gasteiger partial charge >= 0.3 is 5.97 Å². The topological polar surface area (TPSA) is 105 Å². The van der Waals surface area contributed by atoms with E-state index in [0.717, 1.165) is 43.1 Å². The molecule has 1 saturated heterocycles. The average molecular weight is 574 g/mol. The largest absolute Gasteiger partial charge is 0.481 e. The molecule has 0 unspecified atom stereocenters. The van der Waals surface area contributed by atoms with Gasteiger partial charge in [-0.05, 0) is 54.6 Å². The first-order chi connectivity index (χ1) is 19.7. The van der Waals surface area contributed by atoms with Crippen LogP contribution in [0.2, 0.25) is 5.02 Å². The predicted molar refractivity (Wildman–Crippen MR) is 162 cm³/mol. The van der Waals surface area contributed by atoms with Gasteiger partial charge in [0.2, 0.25) is 5.91 Å². The first-order valence-electron chi connectivity index (χ1n) is 13.4. The maximum absolute atomic E-state index is 13.2. The van der Waals surface area contributed by atoms with Gasteiger partial charge in [-0.2, -0.15) is 0 Å². The second kappa shape index (κ2) is 12.1. The Morgan fingerprint density at radius 2 is 1.68 bits per heavy atom. The van der Waals surface area contributed by atoms with Crippen LogP contribution in [0.1, 0.15) is 16.7 Å². The number of nitrogens with one attached hydrogen (secondary N) is 2. The molecular weight excluding hydrogens is 542 g/mol. The van der Waals surface area contributed by atoms with Crippen molar-refractivity contribution in [2.24, 2.45) is 0 Å². The lowest BCUT2D eigenvalue weighted by Gasteiger charge is -2.32. The molecule has 5 rings (SSSR count). The number of anilines is 3. The summed E-state index contributed by atoms with van der Waals surface area (Å²) in [4.78, 5) is 43.4. The Kier molecular flexibility index (Phi) is 8.39. The molecule has 0 aliphatic carbocycles. The van der Waals surface area contributed by atoms with Crippen LogP contribution in [0.15, 0.2) is 66.7 Å². The second-order valence-electron chi connectivity index (χ2n) is 10.4. The minimum atomic E-state index is -0.914. The molecule has 3 N–H and O–H groups in total. The van der Waals surface area contributed by atoms with Crippen LogP contribution < -0.4 is 15.5 Å². The molecule has 3 aromatic rings. The Morgan fingerprint density at radius 1 is 1.00 bits per heavy atom. The Hall–Kier alpha value is -4.18. The van der Waals surface area contributed by atoms with E-state index in [-0.39, 0.29) is 18.2 Å². The van der Waals surface area contributed by atoms with Crippen molar-refractivity contribution in [1.82, 2.24) is 9.80 Å². The molecule has 10 heteroatoms. The van der Waals surface area contributed by atoms with Crippen molar-refractivity contribution < 1.29 is 19.5 Å². The van der Waals surface area contributed by atoms with Gasteiger partial charge in [-0.1, -0.05) is 41.9 Å². The fourth-order valence-electron chi connectivity index (χ4n) is 5.00. The number of carbonyl (C=O) groups excluding carboxylic acids is 2.